The maximum Gasteiger partial charge on any atom is 0.339 e. The van der Waals surface area contributed by atoms with Crippen molar-refractivity contribution >= 4 is 17.6 Å². The standard InChI is InChI=1S/C15H22N2O4/c1-5-9(2)17-14(18)10(3)21-15(19)11-6-7-12(16)13(8-11)20-4/h6-10H,5,16H2,1-4H3,(H,17,18). The summed E-state index contributed by atoms with van der Waals surface area (Å²) in [5.74, 6) is -0.527. The summed E-state index contributed by atoms with van der Waals surface area (Å²) < 4.78 is 10.2. The lowest BCUT2D eigenvalue weighted by molar-refractivity contribution is -0.129. The van der Waals surface area contributed by atoms with Gasteiger partial charge in [0.1, 0.15) is 5.75 Å². The molecule has 1 amide bonds. The fourth-order valence-electron chi connectivity index (χ4n) is 1.58. The number of methoxy groups -OCH3 is 1. The first-order valence-electron chi connectivity index (χ1n) is 6.83. The molecule has 0 radical (unpaired) electrons. The molecule has 0 saturated heterocycles. The van der Waals surface area contributed by atoms with Crippen molar-refractivity contribution in [3.63, 3.8) is 0 Å². The van der Waals surface area contributed by atoms with Crippen molar-refractivity contribution in [2.24, 2.45) is 0 Å². The van der Waals surface area contributed by atoms with E-state index in [4.69, 9.17) is 15.2 Å². The molecule has 3 N–H and O–H groups in total. The second-order valence-corrected chi connectivity index (χ2v) is 4.82. The van der Waals surface area contributed by atoms with E-state index < -0.39 is 12.1 Å². The Hall–Kier alpha value is -2.24. The van der Waals surface area contributed by atoms with Crippen LogP contribution < -0.4 is 15.8 Å². The zero-order valence-electron chi connectivity index (χ0n) is 12.8. The molecule has 0 aromatic heterocycles. The summed E-state index contributed by atoms with van der Waals surface area (Å²) in [6, 6.07) is 4.60. The van der Waals surface area contributed by atoms with Crippen LogP contribution in [0.4, 0.5) is 5.69 Å². The third kappa shape index (κ3) is 4.66. The van der Waals surface area contributed by atoms with E-state index in [-0.39, 0.29) is 17.5 Å². The van der Waals surface area contributed by atoms with Crippen molar-refractivity contribution in [2.75, 3.05) is 12.8 Å². The van der Waals surface area contributed by atoms with E-state index >= 15 is 0 Å². The summed E-state index contributed by atoms with van der Waals surface area (Å²) in [5.41, 5.74) is 6.39. The van der Waals surface area contributed by atoms with Crippen LogP contribution in [0.15, 0.2) is 18.2 Å². The number of carbonyl (C=O) groups excluding carboxylic acids is 2. The van der Waals surface area contributed by atoms with Gasteiger partial charge in [-0.15, -0.1) is 0 Å². The quantitative estimate of drug-likeness (QED) is 0.616. The maximum absolute atomic E-state index is 12.0. The van der Waals surface area contributed by atoms with Gasteiger partial charge in [-0.05, 0) is 38.5 Å². The second kappa shape index (κ2) is 7.52. The number of anilines is 1. The number of nitrogens with two attached hydrogens (primary N) is 1. The Labute approximate surface area is 124 Å². The molecule has 0 aliphatic heterocycles. The van der Waals surface area contributed by atoms with Gasteiger partial charge in [0.15, 0.2) is 6.10 Å². The molecule has 0 heterocycles. The van der Waals surface area contributed by atoms with Crippen LogP contribution >= 0.6 is 0 Å². The largest absolute Gasteiger partial charge is 0.495 e. The summed E-state index contributed by atoms with van der Waals surface area (Å²) in [6.45, 7) is 5.38. The second-order valence-electron chi connectivity index (χ2n) is 4.82. The Morgan fingerprint density at radius 3 is 2.57 bits per heavy atom. The third-order valence-electron chi connectivity index (χ3n) is 3.12. The van der Waals surface area contributed by atoms with Crippen LogP contribution in [0.25, 0.3) is 0 Å². The van der Waals surface area contributed by atoms with E-state index in [0.717, 1.165) is 6.42 Å². The monoisotopic (exact) mass is 294 g/mol. The Morgan fingerprint density at radius 1 is 1.33 bits per heavy atom. The summed E-state index contributed by atoms with van der Waals surface area (Å²) in [5, 5.41) is 2.76. The lowest BCUT2D eigenvalue weighted by atomic mass is 10.2. The molecule has 0 bridgehead atoms. The summed E-state index contributed by atoms with van der Waals surface area (Å²) in [6.07, 6.45) is -0.0586. The number of rotatable bonds is 6. The van der Waals surface area contributed by atoms with Gasteiger partial charge in [0.25, 0.3) is 5.91 Å². The molecule has 0 saturated carbocycles. The van der Waals surface area contributed by atoms with E-state index in [1.807, 2.05) is 13.8 Å². The van der Waals surface area contributed by atoms with Crippen molar-refractivity contribution in [1.82, 2.24) is 5.32 Å². The molecule has 116 valence electrons. The molecule has 21 heavy (non-hydrogen) atoms. The summed E-state index contributed by atoms with van der Waals surface area (Å²) in [4.78, 5) is 23.8. The van der Waals surface area contributed by atoms with Gasteiger partial charge in [0.05, 0.1) is 18.4 Å². The van der Waals surface area contributed by atoms with Crippen molar-refractivity contribution in [3.05, 3.63) is 23.8 Å². The zero-order chi connectivity index (χ0) is 16.0. The summed E-state index contributed by atoms with van der Waals surface area (Å²) >= 11 is 0. The molecule has 0 fully saturated rings. The lowest BCUT2D eigenvalue weighted by Crippen LogP contribution is -2.40. The number of nitrogens with one attached hydrogen (secondary N) is 1. The van der Waals surface area contributed by atoms with Crippen molar-refractivity contribution < 1.29 is 19.1 Å². The highest BCUT2D eigenvalue weighted by molar-refractivity contribution is 5.93. The molecular formula is C15H22N2O4. The summed E-state index contributed by atoms with van der Waals surface area (Å²) in [7, 11) is 1.46. The van der Waals surface area contributed by atoms with E-state index in [9.17, 15) is 9.59 Å². The molecule has 1 aromatic carbocycles. The van der Waals surface area contributed by atoms with Gasteiger partial charge < -0.3 is 20.5 Å². The first kappa shape index (κ1) is 16.8. The molecule has 0 aliphatic carbocycles. The Balaban J connectivity index is 2.70. The minimum atomic E-state index is -0.866. The third-order valence-corrected chi connectivity index (χ3v) is 3.12. The van der Waals surface area contributed by atoms with Crippen LogP contribution in [0.2, 0.25) is 0 Å². The lowest BCUT2D eigenvalue weighted by Gasteiger charge is -2.17. The van der Waals surface area contributed by atoms with E-state index in [0.29, 0.717) is 11.4 Å². The van der Waals surface area contributed by atoms with E-state index in [2.05, 4.69) is 5.32 Å². The maximum atomic E-state index is 12.0. The van der Waals surface area contributed by atoms with Crippen molar-refractivity contribution in [1.29, 1.82) is 0 Å². The normalized spacial score (nSPS) is 13.1. The number of ether oxygens (including phenoxy) is 2. The Morgan fingerprint density at radius 2 is 2.00 bits per heavy atom. The van der Waals surface area contributed by atoms with Gasteiger partial charge in [0.2, 0.25) is 0 Å². The number of benzene rings is 1. The molecule has 2 unspecified atom stereocenters. The van der Waals surface area contributed by atoms with E-state index in [1.54, 1.807) is 6.07 Å². The molecule has 6 nitrogen and oxygen atoms in total. The van der Waals surface area contributed by atoms with Crippen LogP contribution in [0.1, 0.15) is 37.6 Å². The highest BCUT2D eigenvalue weighted by Gasteiger charge is 2.20. The van der Waals surface area contributed by atoms with Gasteiger partial charge >= 0.3 is 5.97 Å². The molecule has 2 atom stereocenters. The zero-order valence-corrected chi connectivity index (χ0v) is 12.8. The smallest absolute Gasteiger partial charge is 0.339 e. The predicted octanol–water partition coefficient (Wildman–Crippen LogP) is 1.74. The molecule has 1 aromatic rings. The van der Waals surface area contributed by atoms with Crippen LogP contribution in [-0.4, -0.2) is 31.1 Å². The average Bonchev–Trinajstić information content (AvgIpc) is 2.47. The van der Waals surface area contributed by atoms with Crippen LogP contribution in [0.5, 0.6) is 5.75 Å². The number of hydrogen-bond donors (Lipinski definition) is 2. The highest BCUT2D eigenvalue weighted by atomic mass is 16.5. The number of esters is 1. The molecule has 6 heteroatoms. The van der Waals surface area contributed by atoms with Crippen LogP contribution in [-0.2, 0) is 9.53 Å². The SMILES string of the molecule is CCC(C)NC(=O)C(C)OC(=O)c1ccc(N)c(OC)c1. The average molecular weight is 294 g/mol. The van der Waals surface area contributed by atoms with Gasteiger partial charge in [0, 0.05) is 6.04 Å². The van der Waals surface area contributed by atoms with Gasteiger partial charge in [-0.25, -0.2) is 4.79 Å². The fraction of sp³-hybridized carbons (Fsp3) is 0.467. The highest BCUT2D eigenvalue weighted by Crippen LogP contribution is 2.22. The van der Waals surface area contributed by atoms with Gasteiger partial charge in [-0.3, -0.25) is 4.79 Å². The van der Waals surface area contributed by atoms with E-state index in [1.165, 1.54) is 26.2 Å². The molecular weight excluding hydrogens is 272 g/mol. The number of nitrogen functional groups attached to an aromatic ring is 1. The topological polar surface area (TPSA) is 90.7 Å². The van der Waals surface area contributed by atoms with Crippen LogP contribution in [0, 0.1) is 0 Å². The number of hydrogen-bond acceptors (Lipinski definition) is 5. The van der Waals surface area contributed by atoms with Crippen molar-refractivity contribution in [3.8, 4) is 5.75 Å². The molecule has 1 rings (SSSR count). The first-order chi connectivity index (χ1) is 9.88. The molecule has 0 spiro atoms. The predicted molar refractivity (Wildman–Crippen MR) is 80.2 cm³/mol. The minimum absolute atomic E-state index is 0.0373. The van der Waals surface area contributed by atoms with Crippen molar-refractivity contribution in [2.45, 2.75) is 39.3 Å². The number of carbonyl (C=O) groups is 2. The minimum Gasteiger partial charge on any atom is -0.495 e. The number of amides is 1. The van der Waals surface area contributed by atoms with Crippen LogP contribution in [0.3, 0.4) is 0 Å². The Bertz CT molecular complexity index is 516. The molecule has 0 aliphatic rings. The fourth-order valence-corrected chi connectivity index (χ4v) is 1.58. The van der Waals surface area contributed by atoms with Gasteiger partial charge in [-0.2, -0.15) is 0 Å². The Kier molecular flexibility index (Phi) is 6.02. The first-order valence-corrected chi connectivity index (χ1v) is 6.83. The van der Waals surface area contributed by atoms with Gasteiger partial charge in [-0.1, -0.05) is 6.92 Å².